The van der Waals surface area contributed by atoms with E-state index in [-0.39, 0.29) is 18.3 Å². The average molecular weight is 622 g/mol. The number of carboxylic acid groups (broad SMARTS) is 1. The molecular formula is C33H34F3N5O4. The van der Waals surface area contributed by atoms with Crippen LogP contribution in [-0.4, -0.2) is 42.4 Å². The van der Waals surface area contributed by atoms with E-state index in [1.165, 1.54) is 9.08 Å². The molecule has 0 bridgehead atoms. The Balaban J connectivity index is 1.55. The van der Waals surface area contributed by atoms with Gasteiger partial charge in [0.2, 0.25) is 5.78 Å². The van der Waals surface area contributed by atoms with Crippen molar-refractivity contribution in [1.82, 2.24) is 19.2 Å². The van der Waals surface area contributed by atoms with Crippen LogP contribution < -0.4 is 5.56 Å². The molecule has 2 aromatic carbocycles. The van der Waals surface area contributed by atoms with E-state index in [1.807, 2.05) is 43.3 Å². The second-order valence-corrected chi connectivity index (χ2v) is 11.3. The number of halogens is 3. The van der Waals surface area contributed by atoms with Crippen molar-refractivity contribution in [2.45, 2.75) is 89.6 Å². The molecule has 1 unspecified atom stereocenters. The zero-order chi connectivity index (χ0) is 32.3. The quantitative estimate of drug-likeness (QED) is 0.219. The largest absolute Gasteiger partial charge is 0.479 e. The highest BCUT2D eigenvalue weighted by Crippen LogP contribution is 2.33. The first-order chi connectivity index (χ1) is 21.5. The van der Waals surface area contributed by atoms with Gasteiger partial charge in [-0.1, -0.05) is 62.7 Å². The van der Waals surface area contributed by atoms with Crippen molar-refractivity contribution in [2.75, 3.05) is 0 Å². The number of nitrogens with zero attached hydrogens (tertiary/aromatic N) is 5. The molecule has 1 aliphatic rings. The zero-order valence-electron chi connectivity index (χ0n) is 25.0. The number of aryl methyl sites for hydroxylation is 1. The number of nitriles is 1. The lowest BCUT2D eigenvalue weighted by atomic mass is 9.92. The summed E-state index contributed by atoms with van der Waals surface area (Å²) in [5.41, 5.74) is 3.24. The summed E-state index contributed by atoms with van der Waals surface area (Å²) in [7, 11) is 0. The van der Waals surface area contributed by atoms with Crippen molar-refractivity contribution >= 4 is 11.7 Å². The van der Waals surface area contributed by atoms with Crippen molar-refractivity contribution in [1.29, 1.82) is 5.26 Å². The van der Waals surface area contributed by atoms with Gasteiger partial charge in [0.25, 0.3) is 11.4 Å². The standard InChI is InChI=1S/C33H34F3N5O4/c1-3-7-27-26(18-20-10-12-21(13-11-20)25-9-6-5-8-22(25)19-37)29(42)40(32-38-31(33(34,35)36)39-41(27)32)23-14-16-24(17-15-23)45-28(4-2)30(43)44/h5-6,8-13,23-24,28H,3-4,7,14-18H2,1-2H3,(H,43,44). The number of hydrogen-bond acceptors (Lipinski definition) is 6. The number of aromatic nitrogens is 4. The van der Waals surface area contributed by atoms with Crippen molar-refractivity contribution in [3.8, 4) is 17.2 Å². The van der Waals surface area contributed by atoms with Crippen LogP contribution in [0.3, 0.4) is 0 Å². The minimum atomic E-state index is -4.80. The maximum atomic E-state index is 14.3. The Morgan fingerprint density at radius 3 is 2.40 bits per heavy atom. The Hall–Kier alpha value is -4.50. The monoisotopic (exact) mass is 621 g/mol. The fourth-order valence-electron chi connectivity index (χ4n) is 6.09. The summed E-state index contributed by atoms with van der Waals surface area (Å²) < 4.78 is 49.9. The lowest BCUT2D eigenvalue weighted by Gasteiger charge is -2.31. The van der Waals surface area contributed by atoms with Gasteiger partial charge in [-0.05, 0) is 61.3 Å². The average Bonchev–Trinajstić information content (AvgIpc) is 3.48. The predicted octanol–water partition coefficient (Wildman–Crippen LogP) is 6.36. The molecule has 1 fully saturated rings. The van der Waals surface area contributed by atoms with E-state index in [0.29, 0.717) is 61.8 Å². The van der Waals surface area contributed by atoms with Gasteiger partial charge >= 0.3 is 12.1 Å². The minimum Gasteiger partial charge on any atom is -0.479 e. The molecule has 236 valence electrons. The van der Waals surface area contributed by atoms with Gasteiger partial charge in [0, 0.05) is 18.0 Å². The van der Waals surface area contributed by atoms with Gasteiger partial charge in [-0.15, -0.1) is 5.10 Å². The molecule has 5 rings (SSSR count). The maximum Gasteiger partial charge on any atom is 0.453 e. The topological polar surface area (TPSA) is 123 Å². The molecule has 1 saturated carbocycles. The zero-order valence-corrected chi connectivity index (χ0v) is 25.0. The lowest BCUT2D eigenvalue weighted by Crippen LogP contribution is -2.36. The summed E-state index contributed by atoms with van der Waals surface area (Å²) in [6.45, 7) is 3.61. The third-order valence-electron chi connectivity index (χ3n) is 8.33. The molecule has 4 aromatic rings. The van der Waals surface area contributed by atoms with Gasteiger partial charge in [-0.3, -0.25) is 9.36 Å². The van der Waals surface area contributed by atoms with Gasteiger partial charge in [-0.25, -0.2) is 9.31 Å². The highest BCUT2D eigenvalue weighted by molar-refractivity contribution is 5.72. The molecule has 45 heavy (non-hydrogen) atoms. The van der Waals surface area contributed by atoms with Crippen LogP contribution in [0.15, 0.2) is 53.3 Å². The summed E-state index contributed by atoms with van der Waals surface area (Å²) in [5, 5.41) is 22.7. The molecule has 2 heterocycles. The highest BCUT2D eigenvalue weighted by Gasteiger charge is 2.38. The first-order valence-corrected chi connectivity index (χ1v) is 15.1. The van der Waals surface area contributed by atoms with Crippen LogP contribution in [-0.2, 0) is 28.5 Å². The van der Waals surface area contributed by atoms with Crippen molar-refractivity contribution in [2.24, 2.45) is 0 Å². The fourth-order valence-corrected chi connectivity index (χ4v) is 6.09. The number of benzene rings is 2. The van der Waals surface area contributed by atoms with Crippen LogP contribution in [0.1, 0.15) is 86.6 Å². The lowest BCUT2D eigenvalue weighted by molar-refractivity contribution is -0.156. The van der Waals surface area contributed by atoms with Crippen LogP contribution in [0.4, 0.5) is 13.2 Å². The Morgan fingerprint density at radius 2 is 1.80 bits per heavy atom. The summed E-state index contributed by atoms with van der Waals surface area (Å²) in [4.78, 5) is 29.6. The Kier molecular flexibility index (Phi) is 9.39. The van der Waals surface area contributed by atoms with Crippen LogP contribution in [0.2, 0.25) is 0 Å². The number of ether oxygens (including phenoxy) is 1. The number of aliphatic carboxylic acids is 1. The Labute approximate surface area is 257 Å². The summed E-state index contributed by atoms with van der Waals surface area (Å²) in [5.74, 6) is -2.50. The maximum absolute atomic E-state index is 14.3. The summed E-state index contributed by atoms with van der Waals surface area (Å²) in [6.07, 6.45) is -2.99. The molecule has 1 N–H and O–H groups in total. The van der Waals surface area contributed by atoms with E-state index in [2.05, 4.69) is 16.2 Å². The molecule has 0 amide bonds. The second-order valence-electron chi connectivity index (χ2n) is 11.3. The van der Waals surface area contributed by atoms with Crippen molar-refractivity contribution in [3.63, 3.8) is 0 Å². The number of rotatable bonds is 10. The van der Waals surface area contributed by atoms with E-state index >= 15 is 0 Å². The smallest absolute Gasteiger partial charge is 0.453 e. The van der Waals surface area contributed by atoms with Gasteiger partial charge in [0.1, 0.15) is 0 Å². The fraction of sp³-hybridized carbons (Fsp3) is 0.424. The number of hydrogen-bond donors (Lipinski definition) is 1. The third-order valence-corrected chi connectivity index (χ3v) is 8.33. The summed E-state index contributed by atoms with van der Waals surface area (Å²) in [6, 6.07) is 16.4. The Bertz CT molecular complexity index is 1780. The molecular weight excluding hydrogens is 587 g/mol. The molecule has 0 radical (unpaired) electrons. The number of alkyl halides is 3. The SMILES string of the molecule is CCCc1c(Cc2ccc(-c3ccccc3C#N)cc2)c(=O)n(C2CCC(OC(CC)C(=O)O)CC2)c2nc(C(F)(F)F)nn12. The number of carboxylic acids is 1. The van der Waals surface area contributed by atoms with E-state index in [1.54, 1.807) is 19.1 Å². The first kappa shape index (κ1) is 31.9. The molecule has 9 nitrogen and oxygen atoms in total. The molecule has 0 spiro atoms. The first-order valence-electron chi connectivity index (χ1n) is 15.1. The van der Waals surface area contributed by atoms with Crippen LogP contribution in [0.25, 0.3) is 16.9 Å². The van der Waals surface area contributed by atoms with Crippen LogP contribution in [0, 0.1) is 11.3 Å². The molecule has 12 heteroatoms. The molecule has 1 aliphatic carbocycles. The molecule has 2 aromatic heterocycles. The van der Waals surface area contributed by atoms with E-state index < -0.39 is 35.7 Å². The molecule has 1 atom stereocenters. The van der Waals surface area contributed by atoms with Crippen LogP contribution in [0.5, 0.6) is 0 Å². The number of fused-ring (bicyclic) bond motifs is 1. The highest BCUT2D eigenvalue weighted by atomic mass is 19.4. The minimum absolute atomic E-state index is 0.149. The summed E-state index contributed by atoms with van der Waals surface area (Å²) >= 11 is 0. The van der Waals surface area contributed by atoms with Gasteiger partial charge in [0.05, 0.1) is 23.4 Å². The van der Waals surface area contributed by atoms with Gasteiger partial charge < -0.3 is 9.84 Å². The van der Waals surface area contributed by atoms with E-state index in [9.17, 15) is 33.1 Å². The molecule has 0 saturated heterocycles. The Morgan fingerprint density at radius 1 is 1.11 bits per heavy atom. The number of carbonyl (C=O) groups is 1. The predicted molar refractivity (Wildman–Crippen MR) is 160 cm³/mol. The van der Waals surface area contributed by atoms with Gasteiger partial charge in [0.15, 0.2) is 6.10 Å². The van der Waals surface area contributed by atoms with Crippen LogP contribution >= 0.6 is 0 Å². The van der Waals surface area contributed by atoms with Crippen molar-refractivity contribution < 1.29 is 27.8 Å². The second kappa shape index (κ2) is 13.2. The normalized spacial score (nSPS) is 17.7. The third kappa shape index (κ3) is 6.63. The van der Waals surface area contributed by atoms with E-state index in [0.717, 1.165) is 16.7 Å². The van der Waals surface area contributed by atoms with Gasteiger partial charge in [-0.2, -0.15) is 23.4 Å². The molecule has 0 aliphatic heterocycles. The van der Waals surface area contributed by atoms with Crippen molar-refractivity contribution in [3.05, 3.63) is 87.1 Å². The van der Waals surface area contributed by atoms with E-state index in [4.69, 9.17) is 4.74 Å².